The van der Waals surface area contributed by atoms with Gasteiger partial charge in [0, 0.05) is 16.9 Å². The quantitative estimate of drug-likeness (QED) is 0.757. The van der Waals surface area contributed by atoms with Gasteiger partial charge in [-0.2, -0.15) is 0 Å². The predicted molar refractivity (Wildman–Crippen MR) is 82.6 cm³/mol. The van der Waals surface area contributed by atoms with Crippen LogP contribution in [0.4, 0.5) is 11.4 Å². The van der Waals surface area contributed by atoms with Crippen molar-refractivity contribution in [3.8, 4) is 0 Å². The van der Waals surface area contributed by atoms with Crippen molar-refractivity contribution in [1.82, 2.24) is 4.98 Å². The fourth-order valence-electron chi connectivity index (χ4n) is 2.04. The summed E-state index contributed by atoms with van der Waals surface area (Å²) in [5, 5.41) is 3.32. The Bertz CT molecular complexity index is 842. The van der Waals surface area contributed by atoms with Gasteiger partial charge < -0.3 is 15.5 Å². The fraction of sp³-hybridized carbons (Fsp3) is 0.0667. The largest absolute Gasteiger partial charge is 0.447 e. The smallest absolute Gasteiger partial charge is 0.293 e. The van der Waals surface area contributed by atoms with Crippen LogP contribution >= 0.6 is 11.6 Å². The third kappa shape index (κ3) is 2.32. The van der Waals surface area contributed by atoms with Gasteiger partial charge in [0.25, 0.3) is 5.91 Å². The van der Waals surface area contributed by atoms with Crippen molar-refractivity contribution < 1.29 is 9.21 Å². The van der Waals surface area contributed by atoms with E-state index in [1.807, 2.05) is 6.92 Å². The zero-order chi connectivity index (χ0) is 15.0. The third-order valence-electron chi connectivity index (χ3n) is 3.20. The molecule has 0 unspecified atom stereocenters. The van der Waals surface area contributed by atoms with Gasteiger partial charge in [0.2, 0.25) is 5.76 Å². The van der Waals surface area contributed by atoms with Gasteiger partial charge in [0.15, 0.2) is 5.58 Å². The molecule has 0 fully saturated rings. The molecule has 1 aromatic carbocycles. The van der Waals surface area contributed by atoms with E-state index in [1.165, 1.54) is 0 Å². The van der Waals surface area contributed by atoms with Crippen LogP contribution in [0, 0.1) is 6.92 Å². The van der Waals surface area contributed by atoms with Crippen LogP contribution < -0.4 is 11.1 Å². The molecule has 5 nitrogen and oxygen atoms in total. The molecule has 3 aromatic rings. The minimum atomic E-state index is -0.434. The summed E-state index contributed by atoms with van der Waals surface area (Å²) in [6, 6.07) is 8.70. The Morgan fingerprint density at radius 3 is 2.90 bits per heavy atom. The van der Waals surface area contributed by atoms with Gasteiger partial charge in [-0.1, -0.05) is 17.7 Å². The molecule has 0 radical (unpaired) electrons. The lowest BCUT2D eigenvalue weighted by Gasteiger charge is -2.08. The number of halogens is 1. The van der Waals surface area contributed by atoms with Crippen molar-refractivity contribution in [3.63, 3.8) is 0 Å². The van der Waals surface area contributed by atoms with Crippen molar-refractivity contribution in [3.05, 3.63) is 52.9 Å². The second-order valence-corrected chi connectivity index (χ2v) is 4.97. The lowest BCUT2D eigenvalue weighted by Crippen LogP contribution is -2.13. The number of anilines is 2. The van der Waals surface area contributed by atoms with Crippen molar-refractivity contribution in [2.24, 2.45) is 0 Å². The van der Waals surface area contributed by atoms with Crippen LogP contribution in [-0.4, -0.2) is 10.9 Å². The van der Waals surface area contributed by atoms with Gasteiger partial charge in [-0.25, -0.2) is 0 Å². The molecule has 3 rings (SSSR count). The van der Waals surface area contributed by atoms with E-state index in [0.717, 1.165) is 5.56 Å². The van der Waals surface area contributed by atoms with Gasteiger partial charge in [-0.3, -0.25) is 9.78 Å². The maximum absolute atomic E-state index is 12.3. The van der Waals surface area contributed by atoms with E-state index in [4.69, 9.17) is 21.8 Å². The Morgan fingerprint density at radius 1 is 1.33 bits per heavy atom. The van der Waals surface area contributed by atoms with Crippen LogP contribution in [0.3, 0.4) is 0 Å². The van der Waals surface area contributed by atoms with Gasteiger partial charge in [-0.15, -0.1) is 0 Å². The molecule has 1 amide bonds. The number of nitrogen functional groups attached to an aromatic ring is 1. The molecule has 106 valence electrons. The van der Waals surface area contributed by atoms with Crippen molar-refractivity contribution in [2.45, 2.75) is 6.92 Å². The molecule has 6 heteroatoms. The Balaban J connectivity index is 1.97. The van der Waals surface area contributed by atoms with Gasteiger partial charge in [0.1, 0.15) is 11.2 Å². The molecule has 0 bridgehead atoms. The highest BCUT2D eigenvalue weighted by Gasteiger charge is 2.20. The lowest BCUT2D eigenvalue weighted by atomic mass is 10.2. The standard InChI is InChI=1S/C15H12ClN3O2/c1-8-9(16)4-2-5-10(8)19-15(20)14-12(17)13-11(21-14)6-3-7-18-13/h2-7H,17H2,1H3,(H,19,20). The number of nitrogens with one attached hydrogen (secondary N) is 1. The number of carbonyl (C=O) groups is 1. The normalized spacial score (nSPS) is 10.8. The molecule has 21 heavy (non-hydrogen) atoms. The first kappa shape index (κ1) is 13.5. The number of hydrogen-bond donors (Lipinski definition) is 2. The summed E-state index contributed by atoms with van der Waals surface area (Å²) in [5.74, 6) is -0.390. The van der Waals surface area contributed by atoms with Gasteiger partial charge >= 0.3 is 0 Å². The zero-order valence-corrected chi connectivity index (χ0v) is 11.9. The number of pyridine rings is 1. The minimum absolute atomic E-state index is 0.0445. The molecule has 0 saturated heterocycles. The predicted octanol–water partition coefficient (Wildman–Crippen LogP) is 3.62. The number of amides is 1. The molecular formula is C15H12ClN3O2. The number of fused-ring (bicyclic) bond motifs is 1. The second kappa shape index (κ2) is 5.10. The lowest BCUT2D eigenvalue weighted by molar-refractivity contribution is 0.1000. The molecular weight excluding hydrogens is 290 g/mol. The molecule has 0 aliphatic carbocycles. The van der Waals surface area contributed by atoms with E-state index in [9.17, 15) is 4.79 Å². The van der Waals surface area contributed by atoms with Gasteiger partial charge in [0.05, 0.1) is 0 Å². The summed E-state index contributed by atoms with van der Waals surface area (Å²) in [7, 11) is 0. The molecule has 0 spiro atoms. The second-order valence-electron chi connectivity index (χ2n) is 4.56. The fourth-order valence-corrected chi connectivity index (χ4v) is 2.21. The SMILES string of the molecule is Cc1c(Cl)cccc1NC(=O)c1oc2cccnc2c1N. The van der Waals surface area contributed by atoms with Gasteiger partial charge in [-0.05, 0) is 36.8 Å². The molecule has 0 atom stereocenters. The van der Waals surface area contributed by atoms with E-state index in [2.05, 4.69) is 10.3 Å². The summed E-state index contributed by atoms with van der Waals surface area (Å²) < 4.78 is 5.47. The molecule has 2 aromatic heterocycles. The number of nitrogens with zero attached hydrogens (tertiary/aromatic N) is 1. The number of nitrogens with two attached hydrogens (primary N) is 1. The van der Waals surface area contributed by atoms with Crippen LogP contribution in [0.1, 0.15) is 16.1 Å². The topological polar surface area (TPSA) is 81.2 Å². The maximum Gasteiger partial charge on any atom is 0.293 e. The van der Waals surface area contributed by atoms with Crippen LogP contribution in [0.25, 0.3) is 11.1 Å². The summed E-state index contributed by atoms with van der Waals surface area (Å²) in [6.07, 6.45) is 1.59. The Kier molecular flexibility index (Phi) is 3.27. The molecule has 0 aliphatic rings. The van der Waals surface area contributed by atoms with Crippen molar-refractivity contribution in [2.75, 3.05) is 11.1 Å². The molecule has 3 N–H and O–H groups in total. The average Bonchev–Trinajstić information content (AvgIpc) is 2.82. The third-order valence-corrected chi connectivity index (χ3v) is 3.61. The highest BCUT2D eigenvalue weighted by atomic mass is 35.5. The number of rotatable bonds is 2. The van der Waals surface area contributed by atoms with Crippen LogP contribution in [0.2, 0.25) is 5.02 Å². The van der Waals surface area contributed by atoms with E-state index in [0.29, 0.717) is 21.8 Å². The Morgan fingerprint density at radius 2 is 2.14 bits per heavy atom. The number of aromatic nitrogens is 1. The highest BCUT2D eigenvalue weighted by molar-refractivity contribution is 6.31. The van der Waals surface area contributed by atoms with E-state index in [-0.39, 0.29) is 11.4 Å². The molecule has 0 aliphatic heterocycles. The number of carbonyl (C=O) groups excluding carboxylic acids is 1. The minimum Gasteiger partial charge on any atom is -0.447 e. The number of hydrogen-bond acceptors (Lipinski definition) is 4. The first-order valence-electron chi connectivity index (χ1n) is 6.27. The monoisotopic (exact) mass is 301 g/mol. The average molecular weight is 302 g/mol. The van der Waals surface area contributed by atoms with E-state index in [1.54, 1.807) is 36.5 Å². The van der Waals surface area contributed by atoms with E-state index >= 15 is 0 Å². The molecule has 2 heterocycles. The first-order chi connectivity index (χ1) is 10.1. The number of furan rings is 1. The number of benzene rings is 1. The Labute approximate surface area is 125 Å². The summed E-state index contributed by atoms with van der Waals surface area (Å²) in [6.45, 7) is 1.82. The highest BCUT2D eigenvalue weighted by Crippen LogP contribution is 2.28. The van der Waals surface area contributed by atoms with Crippen molar-refractivity contribution >= 4 is 40.0 Å². The van der Waals surface area contributed by atoms with Crippen LogP contribution in [-0.2, 0) is 0 Å². The van der Waals surface area contributed by atoms with Crippen molar-refractivity contribution in [1.29, 1.82) is 0 Å². The molecule has 0 saturated carbocycles. The summed E-state index contributed by atoms with van der Waals surface area (Å²) >= 11 is 6.03. The van der Waals surface area contributed by atoms with Crippen LogP contribution in [0.15, 0.2) is 40.9 Å². The summed E-state index contributed by atoms with van der Waals surface area (Å²) in [5.41, 5.74) is 8.48. The van der Waals surface area contributed by atoms with Crippen LogP contribution in [0.5, 0.6) is 0 Å². The zero-order valence-electron chi connectivity index (χ0n) is 11.2. The maximum atomic E-state index is 12.3. The first-order valence-corrected chi connectivity index (χ1v) is 6.65. The Hall–Kier alpha value is -2.53. The summed E-state index contributed by atoms with van der Waals surface area (Å²) in [4.78, 5) is 16.4. The van der Waals surface area contributed by atoms with E-state index < -0.39 is 5.91 Å².